The van der Waals surface area contributed by atoms with Crippen LogP contribution in [0.3, 0.4) is 0 Å². The SMILES string of the molecule is CN(C(=O)NC1CC1)[C@H]1CCC[C@@H]1S(C)(=O)=O. The summed E-state index contributed by atoms with van der Waals surface area (Å²) in [4.78, 5) is 13.5. The first-order valence-electron chi connectivity index (χ1n) is 6.12. The third-order valence-electron chi connectivity index (χ3n) is 3.69. The first-order chi connectivity index (χ1) is 7.89. The molecule has 0 bridgehead atoms. The molecule has 98 valence electrons. The summed E-state index contributed by atoms with van der Waals surface area (Å²) in [6, 6.07) is 0.0137. The number of urea groups is 1. The van der Waals surface area contributed by atoms with Crippen LogP contribution in [0.4, 0.5) is 4.79 Å². The zero-order valence-electron chi connectivity index (χ0n) is 10.3. The molecule has 2 rings (SSSR count). The largest absolute Gasteiger partial charge is 0.335 e. The smallest absolute Gasteiger partial charge is 0.317 e. The lowest BCUT2D eigenvalue weighted by Gasteiger charge is -2.29. The summed E-state index contributed by atoms with van der Waals surface area (Å²) >= 11 is 0. The second kappa shape index (κ2) is 4.48. The van der Waals surface area contributed by atoms with Crippen LogP contribution in [0.1, 0.15) is 32.1 Å². The Bertz CT molecular complexity index is 403. The minimum Gasteiger partial charge on any atom is -0.335 e. The van der Waals surface area contributed by atoms with E-state index in [-0.39, 0.29) is 12.1 Å². The Labute approximate surface area is 102 Å². The summed E-state index contributed by atoms with van der Waals surface area (Å²) in [5.41, 5.74) is 0. The number of amides is 2. The Hall–Kier alpha value is -0.780. The van der Waals surface area contributed by atoms with Gasteiger partial charge in [0, 0.05) is 25.4 Å². The van der Waals surface area contributed by atoms with Crippen molar-refractivity contribution < 1.29 is 13.2 Å². The molecule has 0 aliphatic heterocycles. The van der Waals surface area contributed by atoms with Crippen LogP contribution in [-0.2, 0) is 9.84 Å². The molecule has 0 spiro atoms. The van der Waals surface area contributed by atoms with E-state index in [0.29, 0.717) is 12.5 Å². The van der Waals surface area contributed by atoms with Gasteiger partial charge in [-0.25, -0.2) is 13.2 Å². The molecule has 0 saturated heterocycles. The molecule has 17 heavy (non-hydrogen) atoms. The van der Waals surface area contributed by atoms with Crippen molar-refractivity contribution in [1.29, 1.82) is 0 Å². The minimum atomic E-state index is -3.06. The first-order valence-corrected chi connectivity index (χ1v) is 8.07. The van der Waals surface area contributed by atoms with Crippen molar-refractivity contribution in [3.63, 3.8) is 0 Å². The molecule has 0 aromatic rings. The van der Waals surface area contributed by atoms with Crippen molar-refractivity contribution >= 4 is 15.9 Å². The Balaban J connectivity index is 2.01. The summed E-state index contributed by atoms with van der Waals surface area (Å²) in [5.74, 6) is 0. The number of nitrogens with zero attached hydrogens (tertiary/aromatic N) is 1. The Morgan fingerprint density at radius 2 is 1.88 bits per heavy atom. The highest BCUT2D eigenvalue weighted by atomic mass is 32.2. The Morgan fingerprint density at radius 1 is 1.24 bits per heavy atom. The maximum absolute atomic E-state index is 11.9. The van der Waals surface area contributed by atoms with Crippen molar-refractivity contribution in [1.82, 2.24) is 10.2 Å². The summed E-state index contributed by atoms with van der Waals surface area (Å²) in [7, 11) is -1.36. The first kappa shape index (κ1) is 12.7. The summed E-state index contributed by atoms with van der Waals surface area (Å²) in [6.45, 7) is 0. The van der Waals surface area contributed by atoms with Crippen LogP contribution in [-0.4, -0.2) is 50.0 Å². The van der Waals surface area contributed by atoms with Gasteiger partial charge in [-0.2, -0.15) is 0 Å². The van der Waals surface area contributed by atoms with Gasteiger partial charge in [0.25, 0.3) is 0 Å². The number of hydrogen-bond acceptors (Lipinski definition) is 3. The number of rotatable bonds is 3. The van der Waals surface area contributed by atoms with Crippen molar-refractivity contribution in [3.8, 4) is 0 Å². The Morgan fingerprint density at radius 3 is 2.41 bits per heavy atom. The molecule has 2 saturated carbocycles. The molecule has 0 aromatic carbocycles. The Kier molecular flexibility index (Phi) is 3.34. The van der Waals surface area contributed by atoms with E-state index in [1.54, 1.807) is 11.9 Å². The quantitative estimate of drug-likeness (QED) is 0.814. The molecule has 6 heteroatoms. The topological polar surface area (TPSA) is 66.5 Å². The van der Waals surface area contributed by atoms with Crippen LogP contribution >= 0.6 is 0 Å². The lowest BCUT2D eigenvalue weighted by atomic mass is 10.2. The van der Waals surface area contributed by atoms with Crippen LogP contribution < -0.4 is 5.32 Å². The fourth-order valence-corrected chi connectivity index (χ4v) is 3.99. The van der Waals surface area contributed by atoms with E-state index in [4.69, 9.17) is 0 Å². The molecular weight excluding hydrogens is 240 g/mol. The lowest BCUT2D eigenvalue weighted by molar-refractivity contribution is 0.191. The maximum atomic E-state index is 11.9. The fourth-order valence-electron chi connectivity index (χ4n) is 2.50. The van der Waals surface area contributed by atoms with Crippen molar-refractivity contribution in [2.24, 2.45) is 0 Å². The van der Waals surface area contributed by atoms with Crippen LogP contribution in [0.5, 0.6) is 0 Å². The maximum Gasteiger partial charge on any atom is 0.317 e. The van der Waals surface area contributed by atoms with Gasteiger partial charge in [-0.1, -0.05) is 0 Å². The number of sulfone groups is 1. The van der Waals surface area contributed by atoms with E-state index in [1.165, 1.54) is 6.26 Å². The van der Waals surface area contributed by atoms with E-state index in [0.717, 1.165) is 25.7 Å². The van der Waals surface area contributed by atoms with Gasteiger partial charge in [0.2, 0.25) is 0 Å². The van der Waals surface area contributed by atoms with E-state index in [2.05, 4.69) is 5.32 Å². The minimum absolute atomic E-state index is 0.131. The normalized spacial score (nSPS) is 29.1. The molecular formula is C11H20N2O3S. The molecule has 1 N–H and O–H groups in total. The van der Waals surface area contributed by atoms with E-state index in [1.807, 2.05) is 0 Å². The third-order valence-corrected chi connectivity index (χ3v) is 5.34. The zero-order chi connectivity index (χ0) is 12.6. The summed E-state index contributed by atoms with van der Waals surface area (Å²) in [5, 5.41) is 2.50. The average Bonchev–Trinajstić information content (AvgIpc) is 2.89. The van der Waals surface area contributed by atoms with Gasteiger partial charge in [-0.05, 0) is 32.1 Å². The van der Waals surface area contributed by atoms with Crippen LogP contribution in [0.15, 0.2) is 0 Å². The average molecular weight is 260 g/mol. The molecule has 2 amide bonds. The van der Waals surface area contributed by atoms with Gasteiger partial charge in [0.15, 0.2) is 9.84 Å². The standard InChI is InChI=1S/C11H20N2O3S/c1-13(11(14)12-8-6-7-8)9-4-3-5-10(9)17(2,15)16/h8-10H,3-7H2,1-2H3,(H,12,14)/t9-,10-/m0/s1. The van der Waals surface area contributed by atoms with Gasteiger partial charge < -0.3 is 10.2 Å². The molecule has 0 aromatic heterocycles. The number of hydrogen-bond donors (Lipinski definition) is 1. The van der Waals surface area contributed by atoms with Gasteiger partial charge in [0.1, 0.15) is 0 Å². The van der Waals surface area contributed by atoms with Gasteiger partial charge in [-0.15, -0.1) is 0 Å². The molecule has 2 atom stereocenters. The lowest BCUT2D eigenvalue weighted by Crippen LogP contribution is -2.49. The molecule has 0 radical (unpaired) electrons. The number of carbonyl (C=O) groups is 1. The van der Waals surface area contributed by atoms with Gasteiger partial charge in [0.05, 0.1) is 5.25 Å². The van der Waals surface area contributed by atoms with E-state index < -0.39 is 15.1 Å². The highest BCUT2D eigenvalue weighted by molar-refractivity contribution is 7.91. The van der Waals surface area contributed by atoms with Crippen molar-refractivity contribution in [2.45, 2.75) is 49.4 Å². The van der Waals surface area contributed by atoms with Crippen LogP contribution in [0, 0.1) is 0 Å². The monoisotopic (exact) mass is 260 g/mol. The molecule has 2 fully saturated rings. The second-order valence-electron chi connectivity index (χ2n) is 5.20. The second-order valence-corrected chi connectivity index (χ2v) is 7.47. The molecule has 0 heterocycles. The highest BCUT2D eigenvalue weighted by Gasteiger charge is 2.39. The molecule has 2 aliphatic carbocycles. The number of carbonyl (C=O) groups excluding carboxylic acids is 1. The van der Waals surface area contributed by atoms with Crippen LogP contribution in [0.2, 0.25) is 0 Å². The van der Waals surface area contributed by atoms with Gasteiger partial charge in [-0.3, -0.25) is 0 Å². The van der Waals surface area contributed by atoms with Crippen LogP contribution in [0.25, 0.3) is 0 Å². The van der Waals surface area contributed by atoms with Crippen molar-refractivity contribution in [2.75, 3.05) is 13.3 Å². The van der Waals surface area contributed by atoms with E-state index in [9.17, 15) is 13.2 Å². The van der Waals surface area contributed by atoms with E-state index >= 15 is 0 Å². The third kappa shape index (κ3) is 2.91. The predicted octanol–water partition coefficient (Wildman–Crippen LogP) is 0.756. The molecule has 5 nitrogen and oxygen atoms in total. The van der Waals surface area contributed by atoms with Gasteiger partial charge >= 0.3 is 6.03 Å². The van der Waals surface area contributed by atoms with Crippen molar-refractivity contribution in [3.05, 3.63) is 0 Å². The highest BCUT2D eigenvalue weighted by Crippen LogP contribution is 2.29. The predicted molar refractivity (Wildman–Crippen MR) is 65.6 cm³/mol. The zero-order valence-corrected chi connectivity index (χ0v) is 11.2. The fraction of sp³-hybridized carbons (Fsp3) is 0.909. The molecule has 0 unspecified atom stereocenters. The molecule has 2 aliphatic rings. The number of nitrogens with one attached hydrogen (secondary N) is 1. The summed E-state index contributed by atoms with van der Waals surface area (Å²) in [6.07, 6.45) is 5.68. The summed E-state index contributed by atoms with van der Waals surface area (Å²) < 4.78 is 23.3.